The van der Waals surface area contributed by atoms with Gasteiger partial charge >= 0.3 is 0 Å². The normalized spacial score (nSPS) is 19.9. The third-order valence-corrected chi connectivity index (χ3v) is 3.56. The van der Waals surface area contributed by atoms with E-state index < -0.39 is 5.41 Å². The van der Waals surface area contributed by atoms with E-state index >= 15 is 0 Å². The molecule has 1 amide bonds. The Bertz CT molecular complexity index is 285. The lowest BCUT2D eigenvalue weighted by molar-refractivity contribution is -0.127. The molecule has 0 heterocycles. The third-order valence-electron chi connectivity index (χ3n) is 3.56. The van der Waals surface area contributed by atoms with Crippen LogP contribution >= 0.6 is 0 Å². The van der Waals surface area contributed by atoms with Gasteiger partial charge in [0.25, 0.3) is 0 Å². The third kappa shape index (κ3) is 3.23. The highest BCUT2D eigenvalue weighted by Crippen LogP contribution is 2.26. The topological polar surface area (TPSA) is 52.9 Å². The molecule has 16 heavy (non-hydrogen) atoms. The predicted octanol–water partition coefficient (Wildman–Crippen LogP) is 2.62. The molecule has 1 unspecified atom stereocenters. The van der Waals surface area contributed by atoms with E-state index in [9.17, 15) is 4.79 Å². The Kier molecular flexibility index (Phi) is 4.35. The first-order valence-corrected chi connectivity index (χ1v) is 6.19. The van der Waals surface area contributed by atoms with Crippen molar-refractivity contribution in [2.24, 2.45) is 11.3 Å². The van der Waals surface area contributed by atoms with Gasteiger partial charge in [-0.2, -0.15) is 5.26 Å². The van der Waals surface area contributed by atoms with Crippen LogP contribution in [0.4, 0.5) is 0 Å². The smallest absolute Gasteiger partial charge is 0.240 e. The molecule has 0 saturated heterocycles. The highest BCUT2D eigenvalue weighted by molar-refractivity contribution is 5.84. The SMILES string of the molecule is CC(NC(=O)C(C)(C)C#N)C1CCCCC1. The van der Waals surface area contributed by atoms with Crippen LogP contribution in [0.5, 0.6) is 0 Å². The van der Waals surface area contributed by atoms with Crippen molar-refractivity contribution >= 4 is 5.91 Å². The lowest BCUT2D eigenvalue weighted by Gasteiger charge is -2.29. The molecule has 0 aliphatic heterocycles. The van der Waals surface area contributed by atoms with Crippen LogP contribution in [-0.4, -0.2) is 11.9 Å². The second-order valence-corrected chi connectivity index (χ2v) is 5.40. The Morgan fingerprint density at radius 3 is 2.44 bits per heavy atom. The van der Waals surface area contributed by atoms with Gasteiger partial charge in [0.15, 0.2) is 0 Å². The number of nitrogens with zero attached hydrogens (tertiary/aromatic N) is 1. The second-order valence-electron chi connectivity index (χ2n) is 5.40. The van der Waals surface area contributed by atoms with Crippen LogP contribution in [-0.2, 0) is 4.79 Å². The average molecular weight is 222 g/mol. The second kappa shape index (κ2) is 5.34. The number of rotatable bonds is 3. The van der Waals surface area contributed by atoms with Gasteiger partial charge in [0, 0.05) is 6.04 Å². The summed E-state index contributed by atoms with van der Waals surface area (Å²) in [7, 11) is 0. The predicted molar refractivity (Wildman–Crippen MR) is 63.6 cm³/mol. The Morgan fingerprint density at radius 2 is 1.94 bits per heavy atom. The number of amides is 1. The number of nitrogens with one attached hydrogen (secondary N) is 1. The van der Waals surface area contributed by atoms with Gasteiger partial charge in [0.1, 0.15) is 5.41 Å². The first kappa shape index (κ1) is 13.0. The lowest BCUT2D eigenvalue weighted by atomic mass is 9.84. The quantitative estimate of drug-likeness (QED) is 0.798. The molecule has 3 heteroatoms. The Labute approximate surface area is 98.2 Å². The summed E-state index contributed by atoms with van der Waals surface area (Å²) >= 11 is 0. The molecule has 0 spiro atoms. The van der Waals surface area contributed by atoms with Gasteiger partial charge in [-0.25, -0.2) is 0 Å². The molecular weight excluding hydrogens is 200 g/mol. The van der Waals surface area contributed by atoms with E-state index in [2.05, 4.69) is 12.2 Å². The number of hydrogen-bond donors (Lipinski definition) is 1. The molecule has 1 N–H and O–H groups in total. The summed E-state index contributed by atoms with van der Waals surface area (Å²) in [5.41, 5.74) is -0.914. The molecule has 0 bridgehead atoms. The minimum atomic E-state index is -0.914. The first-order valence-electron chi connectivity index (χ1n) is 6.19. The molecule has 90 valence electrons. The summed E-state index contributed by atoms with van der Waals surface area (Å²) in [6.07, 6.45) is 6.27. The van der Waals surface area contributed by atoms with E-state index in [1.165, 1.54) is 32.1 Å². The summed E-state index contributed by atoms with van der Waals surface area (Å²) in [6.45, 7) is 5.38. The fourth-order valence-electron chi connectivity index (χ4n) is 2.19. The van der Waals surface area contributed by atoms with Crippen LogP contribution < -0.4 is 5.32 Å². The Hall–Kier alpha value is -1.04. The fraction of sp³-hybridized carbons (Fsp3) is 0.846. The maximum absolute atomic E-state index is 11.8. The number of hydrogen-bond acceptors (Lipinski definition) is 2. The van der Waals surface area contributed by atoms with Crippen molar-refractivity contribution in [3.63, 3.8) is 0 Å². The molecule has 0 aromatic carbocycles. The zero-order valence-corrected chi connectivity index (χ0v) is 10.5. The molecule has 3 nitrogen and oxygen atoms in total. The van der Waals surface area contributed by atoms with E-state index in [0.717, 1.165) is 0 Å². The molecule has 0 aromatic rings. The molecule has 1 atom stereocenters. The highest BCUT2D eigenvalue weighted by Gasteiger charge is 2.30. The van der Waals surface area contributed by atoms with Crippen molar-refractivity contribution in [2.75, 3.05) is 0 Å². The van der Waals surface area contributed by atoms with Crippen molar-refractivity contribution in [3.05, 3.63) is 0 Å². The molecule has 1 saturated carbocycles. The van der Waals surface area contributed by atoms with Gasteiger partial charge in [0.2, 0.25) is 5.91 Å². The number of nitriles is 1. The molecule has 1 aliphatic rings. The first-order chi connectivity index (χ1) is 7.47. The van der Waals surface area contributed by atoms with Gasteiger partial charge in [-0.15, -0.1) is 0 Å². The largest absolute Gasteiger partial charge is 0.352 e. The molecule has 0 aromatic heterocycles. The van der Waals surface area contributed by atoms with Crippen molar-refractivity contribution in [2.45, 2.75) is 58.9 Å². The minimum Gasteiger partial charge on any atom is -0.352 e. The van der Waals surface area contributed by atoms with E-state index in [1.54, 1.807) is 13.8 Å². The van der Waals surface area contributed by atoms with Crippen molar-refractivity contribution in [1.29, 1.82) is 5.26 Å². The summed E-state index contributed by atoms with van der Waals surface area (Å²) < 4.78 is 0. The van der Waals surface area contributed by atoms with Crippen LogP contribution in [0.2, 0.25) is 0 Å². The summed E-state index contributed by atoms with van der Waals surface area (Å²) in [5, 5.41) is 11.9. The fourth-order valence-corrected chi connectivity index (χ4v) is 2.19. The molecule has 1 fully saturated rings. The molecule has 1 aliphatic carbocycles. The van der Waals surface area contributed by atoms with E-state index in [4.69, 9.17) is 5.26 Å². The molecule has 1 rings (SSSR count). The maximum atomic E-state index is 11.8. The van der Waals surface area contributed by atoms with Gasteiger partial charge in [0.05, 0.1) is 6.07 Å². The summed E-state index contributed by atoms with van der Waals surface area (Å²) in [5.74, 6) is 0.445. The van der Waals surface area contributed by atoms with Gasteiger partial charge in [-0.3, -0.25) is 4.79 Å². The van der Waals surface area contributed by atoms with Crippen LogP contribution in [0, 0.1) is 22.7 Å². The number of carbonyl (C=O) groups is 1. The molecule has 0 radical (unpaired) electrons. The zero-order valence-electron chi connectivity index (χ0n) is 10.5. The monoisotopic (exact) mass is 222 g/mol. The van der Waals surface area contributed by atoms with Gasteiger partial charge < -0.3 is 5.32 Å². The maximum Gasteiger partial charge on any atom is 0.240 e. The van der Waals surface area contributed by atoms with Crippen LogP contribution in [0.15, 0.2) is 0 Å². The van der Waals surface area contributed by atoms with Crippen molar-refractivity contribution in [3.8, 4) is 6.07 Å². The van der Waals surface area contributed by atoms with Crippen molar-refractivity contribution < 1.29 is 4.79 Å². The Balaban J connectivity index is 2.47. The highest BCUT2D eigenvalue weighted by atomic mass is 16.2. The summed E-state index contributed by atoms with van der Waals surface area (Å²) in [6, 6.07) is 2.23. The minimum absolute atomic E-state index is 0.145. The number of carbonyl (C=O) groups excluding carboxylic acids is 1. The molecular formula is C13H22N2O. The van der Waals surface area contributed by atoms with E-state index in [0.29, 0.717) is 5.92 Å². The van der Waals surface area contributed by atoms with E-state index in [1.807, 2.05) is 6.07 Å². The standard InChI is InChI=1S/C13H22N2O/c1-10(11-7-5-4-6-8-11)15-12(16)13(2,3)9-14/h10-11H,4-8H2,1-3H3,(H,15,16). The van der Waals surface area contributed by atoms with Gasteiger partial charge in [-0.05, 0) is 39.5 Å². The van der Waals surface area contributed by atoms with Crippen LogP contribution in [0.25, 0.3) is 0 Å². The summed E-state index contributed by atoms with van der Waals surface area (Å²) in [4.78, 5) is 11.8. The zero-order chi connectivity index (χ0) is 12.2. The van der Waals surface area contributed by atoms with Crippen LogP contribution in [0.3, 0.4) is 0 Å². The Morgan fingerprint density at radius 1 is 1.38 bits per heavy atom. The lowest BCUT2D eigenvalue weighted by Crippen LogP contribution is -2.44. The van der Waals surface area contributed by atoms with Crippen LogP contribution in [0.1, 0.15) is 52.9 Å². The van der Waals surface area contributed by atoms with E-state index in [-0.39, 0.29) is 11.9 Å². The van der Waals surface area contributed by atoms with Gasteiger partial charge in [-0.1, -0.05) is 19.3 Å². The van der Waals surface area contributed by atoms with Crippen molar-refractivity contribution in [1.82, 2.24) is 5.32 Å². The average Bonchev–Trinajstić information content (AvgIpc) is 2.30.